The first-order chi connectivity index (χ1) is 18.6. The van der Waals surface area contributed by atoms with Gasteiger partial charge < -0.3 is 0 Å². The minimum atomic E-state index is 0.176. The summed E-state index contributed by atoms with van der Waals surface area (Å²) in [5.41, 5.74) is 3.71. The summed E-state index contributed by atoms with van der Waals surface area (Å²) in [6, 6.07) is 8.15. The third-order valence-electron chi connectivity index (χ3n) is 6.98. The molecule has 5 rings (SSSR count). The SMILES string of the molecule is O=C(CCc1ccc(C2CCCC(c3ccc(CCC(=O)Cc4nccs4)nn3)C2)nn1)Cc1nccs1. The summed E-state index contributed by atoms with van der Waals surface area (Å²) in [6.07, 6.45) is 10.6. The molecule has 0 bridgehead atoms. The Balaban J connectivity index is 1.09. The van der Waals surface area contributed by atoms with Crippen LogP contribution < -0.4 is 0 Å². The number of carbonyl (C=O) groups excluding carboxylic acids is 2. The molecule has 1 aliphatic rings. The van der Waals surface area contributed by atoms with Crippen molar-refractivity contribution in [1.82, 2.24) is 30.4 Å². The summed E-state index contributed by atoms with van der Waals surface area (Å²) in [5, 5.41) is 23.4. The summed E-state index contributed by atoms with van der Waals surface area (Å²) >= 11 is 3.02. The molecular weight excluding hydrogens is 516 g/mol. The van der Waals surface area contributed by atoms with Gasteiger partial charge in [0.2, 0.25) is 0 Å². The van der Waals surface area contributed by atoms with Gasteiger partial charge in [-0.05, 0) is 56.4 Å². The number of hydrogen-bond acceptors (Lipinski definition) is 10. The van der Waals surface area contributed by atoms with Gasteiger partial charge in [0.25, 0.3) is 0 Å². The lowest BCUT2D eigenvalue weighted by molar-refractivity contribution is -0.119. The first-order valence-electron chi connectivity index (χ1n) is 13.1. The van der Waals surface area contributed by atoms with Crippen molar-refractivity contribution in [1.29, 1.82) is 0 Å². The van der Waals surface area contributed by atoms with Gasteiger partial charge in [0.1, 0.15) is 11.6 Å². The Hall–Kier alpha value is -3.24. The smallest absolute Gasteiger partial charge is 0.140 e. The van der Waals surface area contributed by atoms with E-state index in [1.54, 1.807) is 12.4 Å². The molecule has 0 N–H and O–H groups in total. The van der Waals surface area contributed by atoms with Crippen LogP contribution in [0.3, 0.4) is 0 Å². The first-order valence-corrected chi connectivity index (χ1v) is 14.8. The van der Waals surface area contributed by atoms with E-state index in [2.05, 4.69) is 42.5 Å². The Kier molecular flexibility index (Phi) is 9.03. The molecule has 1 fully saturated rings. The number of nitrogens with zero attached hydrogens (tertiary/aromatic N) is 6. The lowest BCUT2D eigenvalue weighted by Crippen LogP contribution is -2.16. The quantitative estimate of drug-likeness (QED) is 0.241. The van der Waals surface area contributed by atoms with Crippen LogP contribution in [0.4, 0.5) is 0 Å². The molecule has 1 aliphatic carbocycles. The molecule has 0 saturated heterocycles. The van der Waals surface area contributed by atoms with Gasteiger partial charge in [-0.2, -0.15) is 20.4 Å². The van der Waals surface area contributed by atoms with E-state index in [1.807, 2.05) is 22.9 Å². The second kappa shape index (κ2) is 13.0. The zero-order valence-electron chi connectivity index (χ0n) is 21.2. The number of rotatable bonds is 12. The van der Waals surface area contributed by atoms with E-state index >= 15 is 0 Å². The second-order valence-electron chi connectivity index (χ2n) is 9.74. The van der Waals surface area contributed by atoms with Crippen molar-refractivity contribution in [3.05, 3.63) is 80.2 Å². The van der Waals surface area contributed by atoms with Gasteiger partial charge in [-0.3, -0.25) is 9.59 Å². The normalized spacial score (nSPS) is 17.4. The van der Waals surface area contributed by atoms with Crippen molar-refractivity contribution in [2.75, 3.05) is 0 Å². The van der Waals surface area contributed by atoms with Crippen molar-refractivity contribution >= 4 is 34.2 Å². The van der Waals surface area contributed by atoms with Crippen LogP contribution in [0.25, 0.3) is 0 Å². The number of aryl methyl sites for hydroxylation is 2. The summed E-state index contributed by atoms with van der Waals surface area (Å²) in [7, 11) is 0. The van der Waals surface area contributed by atoms with E-state index in [4.69, 9.17) is 0 Å². The lowest BCUT2D eigenvalue weighted by Gasteiger charge is -2.28. The summed E-state index contributed by atoms with van der Waals surface area (Å²) in [5.74, 6) is 1.03. The topological polar surface area (TPSA) is 111 Å². The maximum atomic E-state index is 12.2. The van der Waals surface area contributed by atoms with Crippen LogP contribution >= 0.6 is 22.7 Å². The lowest BCUT2D eigenvalue weighted by atomic mass is 9.78. The number of aromatic nitrogens is 6. The first kappa shape index (κ1) is 26.4. The highest BCUT2D eigenvalue weighted by molar-refractivity contribution is 7.09. The van der Waals surface area contributed by atoms with Gasteiger partial charge in [0.05, 0.1) is 45.6 Å². The van der Waals surface area contributed by atoms with E-state index < -0.39 is 0 Å². The van der Waals surface area contributed by atoms with Crippen LogP contribution in [0, 0.1) is 0 Å². The fourth-order valence-corrected chi connectivity index (χ4v) is 6.19. The Bertz CT molecular complexity index is 1210. The molecule has 8 nitrogen and oxygen atoms in total. The third kappa shape index (κ3) is 7.41. The number of carbonyl (C=O) groups is 2. The summed E-state index contributed by atoms with van der Waals surface area (Å²) in [6.45, 7) is 0. The van der Waals surface area contributed by atoms with Crippen LogP contribution in [-0.4, -0.2) is 41.9 Å². The molecule has 1 saturated carbocycles. The maximum absolute atomic E-state index is 12.2. The minimum Gasteiger partial charge on any atom is -0.299 e. The van der Waals surface area contributed by atoms with Crippen LogP contribution in [0.2, 0.25) is 0 Å². The minimum absolute atomic E-state index is 0.176. The zero-order valence-corrected chi connectivity index (χ0v) is 22.8. The average molecular weight is 547 g/mol. The fourth-order valence-electron chi connectivity index (χ4n) is 4.90. The molecular formula is C28H30N6O2S2. The zero-order chi connectivity index (χ0) is 26.2. The standard InChI is InChI=1S/C28H30N6O2S2/c35-23(17-27-29-12-14-37-27)8-4-21-6-10-25(33-31-21)19-2-1-3-20(16-19)26-11-7-22(32-34-26)5-9-24(36)18-28-30-13-15-38-28/h6-7,10-15,19-20H,1-5,8-9,16-18H2. The van der Waals surface area contributed by atoms with Crippen molar-refractivity contribution < 1.29 is 9.59 Å². The molecule has 4 aromatic heterocycles. The van der Waals surface area contributed by atoms with E-state index in [0.29, 0.717) is 50.4 Å². The number of ketones is 2. The van der Waals surface area contributed by atoms with E-state index in [0.717, 1.165) is 58.5 Å². The molecule has 0 aliphatic heterocycles. The molecule has 2 unspecified atom stereocenters. The summed E-state index contributed by atoms with van der Waals surface area (Å²) < 4.78 is 0. The van der Waals surface area contributed by atoms with Gasteiger partial charge in [0.15, 0.2) is 0 Å². The van der Waals surface area contributed by atoms with E-state index in [9.17, 15) is 9.59 Å². The maximum Gasteiger partial charge on any atom is 0.140 e. The highest BCUT2D eigenvalue weighted by Gasteiger charge is 2.26. The molecule has 0 amide bonds. The molecule has 4 aromatic rings. The Morgan fingerprint density at radius 1 is 0.711 bits per heavy atom. The highest BCUT2D eigenvalue weighted by atomic mass is 32.1. The summed E-state index contributed by atoms with van der Waals surface area (Å²) in [4.78, 5) is 32.8. The van der Waals surface area contributed by atoms with Gasteiger partial charge in [-0.25, -0.2) is 9.97 Å². The molecule has 2 atom stereocenters. The van der Waals surface area contributed by atoms with E-state index in [1.165, 1.54) is 22.7 Å². The molecule has 38 heavy (non-hydrogen) atoms. The molecule has 4 heterocycles. The Labute approximate surface area is 230 Å². The number of hydrogen-bond donors (Lipinski definition) is 0. The molecule has 0 radical (unpaired) electrons. The predicted octanol–water partition coefficient (Wildman–Crippen LogP) is 5.11. The predicted molar refractivity (Wildman–Crippen MR) is 146 cm³/mol. The van der Waals surface area contributed by atoms with Crippen molar-refractivity contribution in [2.45, 2.75) is 76.0 Å². The van der Waals surface area contributed by atoms with Gasteiger partial charge in [0, 0.05) is 47.8 Å². The van der Waals surface area contributed by atoms with Gasteiger partial charge in [-0.1, -0.05) is 6.42 Å². The second-order valence-corrected chi connectivity index (χ2v) is 11.7. The number of thiazole rings is 2. The van der Waals surface area contributed by atoms with Crippen molar-refractivity contribution in [2.24, 2.45) is 0 Å². The van der Waals surface area contributed by atoms with Crippen molar-refractivity contribution in [3.63, 3.8) is 0 Å². The third-order valence-corrected chi connectivity index (χ3v) is 8.53. The van der Waals surface area contributed by atoms with E-state index in [-0.39, 0.29) is 11.6 Å². The Morgan fingerprint density at radius 3 is 1.61 bits per heavy atom. The van der Waals surface area contributed by atoms with Crippen LogP contribution in [0.5, 0.6) is 0 Å². The highest BCUT2D eigenvalue weighted by Crippen LogP contribution is 2.39. The average Bonchev–Trinajstić information content (AvgIpc) is 3.66. The van der Waals surface area contributed by atoms with Gasteiger partial charge >= 0.3 is 0 Å². The Morgan fingerprint density at radius 2 is 1.21 bits per heavy atom. The molecule has 10 heteroatoms. The van der Waals surface area contributed by atoms with Gasteiger partial charge in [-0.15, -0.1) is 22.7 Å². The molecule has 0 aromatic carbocycles. The molecule has 0 spiro atoms. The van der Waals surface area contributed by atoms with Crippen LogP contribution in [-0.2, 0) is 35.3 Å². The molecule has 196 valence electrons. The van der Waals surface area contributed by atoms with Crippen LogP contribution in [0.1, 0.15) is 83.2 Å². The van der Waals surface area contributed by atoms with Crippen LogP contribution in [0.15, 0.2) is 47.4 Å². The number of Topliss-reactive ketones (excluding diaryl/α,β-unsaturated/α-hetero) is 2. The fraction of sp³-hybridized carbons (Fsp3) is 0.429. The van der Waals surface area contributed by atoms with Crippen molar-refractivity contribution in [3.8, 4) is 0 Å². The monoisotopic (exact) mass is 546 g/mol. The largest absolute Gasteiger partial charge is 0.299 e.